The highest BCUT2D eigenvalue weighted by Crippen LogP contribution is 2.33. The first kappa shape index (κ1) is 23.4. The predicted octanol–water partition coefficient (Wildman–Crippen LogP) is 1.69. The number of carbonyl (C=O) groups excluding carboxylic acids is 2. The van der Waals surface area contributed by atoms with E-state index in [2.05, 4.69) is 34.4 Å². The van der Waals surface area contributed by atoms with Crippen molar-refractivity contribution in [3.8, 4) is 0 Å². The lowest BCUT2D eigenvalue weighted by Gasteiger charge is -2.20. The number of rotatable bonds is 11. The quantitative estimate of drug-likeness (QED) is 0.547. The lowest BCUT2D eigenvalue weighted by atomic mass is 9.97. The highest BCUT2D eigenvalue weighted by molar-refractivity contribution is 7.18. The van der Waals surface area contributed by atoms with Crippen LogP contribution in [0.4, 0.5) is 0 Å². The number of nitrogens with zero attached hydrogens (tertiary/aromatic N) is 3. The van der Waals surface area contributed by atoms with Crippen LogP contribution in [0, 0.1) is 0 Å². The minimum atomic E-state index is -0.374. The van der Waals surface area contributed by atoms with E-state index in [1.165, 1.54) is 15.8 Å². The van der Waals surface area contributed by atoms with E-state index < -0.39 is 0 Å². The first-order valence-corrected chi connectivity index (χ1v) is 12.1. The zero-order valence-corrected chi connectivity index (χ0v) is 19.4. The Hall–Kier alpha value is -2.26. The number of aromatic nitrogens is 2. The summed E-state index contributed by atoms with van der Waals surface area (Å²) in [6, 6.07) is 0. The van der Waals surface area contributed by atoms with Crippen molar-refractivity contribution in [2.75, 3.05) is 32.7 Å². The predicted molar refractivity (Wildman–Crippen MR) is 124 cm³/mol. The Morgan fingerprint density at radius 3 is 2.58 bits per heavy atom. The number of carbonyl (C=O) groups is 2. The average molecular weight is 448 g/mol. The Morgan fingerprint density at radius 2 is 1.84 bits per heavy atom. The molecule has 2 aromatic heterocycles. The highest BCUT2D eigenvalue weighted by atomic mass is 32.1. The summed E-state index contributed by atoms with van der Waals surface area (Å²) < 4.78 is 1.34. The van der Waals surface area contributed by atoms with Gasteiger partial charge in [0.05, 0.1) is 18.3 Å². The largest absolute Gasteiger partial charge is 0.353 e. The number of nitrogens with one attached hydrogen (secondary N) is 2. The van der Waals surface area contributed by atoms with Gasteiger partial charge in [0.1, 0.15) is 11.4 Å². The normalized spacial score (nSPS) is 13.4. The van der Waals surface area contributed by atoms with Crippen LogP contribution in [0.1, 0.15) is 50.0 Å². The second-order valence-electron chi connectivity index (χ2n) is 8.04. The van der Waals surface area contributed by atoms with Gasteiger partial charge in [-0.15, -0.1) is 11.3 Å². The third-order valence-corrected chi connectivity index (χ3v) is 6.73. The smallest absolute Gasteiger partial charge is 0.262 e. The minimum Gasteiger partial charge on any atom is -0.353 e. The standard InChI is InChI=1S/C22H33N5O3S/c1-3-10-26(11-4-2)12-9-23-18(28)13-24-19(29)14-27-15-25-21-20(22(27)30)16-7-5-6-8-17(16)31-21/h15H,3-14H2,1-2H3,(H,23,28)(H,24,29). The molecule has 0 unspecified atom stereocenters. The Labute approximate surface area is 187 Å². The van der Waals surface area contributed by atoms with Crippen molar-refractivity contribution in [2.45, 2.75) is 58.9 Å². The first-order chi connectivity index (χ1) is 15.0. The first-order valence-electron chi connectivity index (χ1n) is 11.3. The van der Waals surface area contributed by atoms with Crippen LogP contribution < -0.4 is 16.2 Å². The van der Waals surface area contributed by atoms with E-state index in [1.807, 2.05) is 0 Å². The molecule has 0 bridgehead atoms. The van der Waals surface area contributed by atoms with Crippen LogP contribution in [0.5, 0.6) is 0 Å². The molecule has 8 nitrogen and oxygen atoms in total. The van der Waals surface area contributed by atoms with Crippen LogP contribution in [-0.2, 0) is 29.0 Å². The summed E-state index contributed by atoms with van der Waals surface area (Å²) in [6.07, 6.45) is 7.72. The number of thiophene rings is 1. The van der Waals surface area contributed by atoms with E-state index in [4.69, 9.17) is 0 Å². The van der Waals surface area contributed by atoms with Crippen LogP contribution in [0.2, 0.25) is 0 Å². The Morgan fingerprint density at radius 1 is 1.10 bits per heavy atom. The molecule has 0 spiro atoms. The van der Waals surface area contributed by atoms with Crippen molar-refractivity contribution < 1.29 is 9.59 Å². The maximum atomic E-state index is 12.9. The van der Waals surface area contributed by atoms with Gasteiger partial charge in [0.2, 0.25) is 11.8 Å². The molecular weight excluding hydrogens is 414 g/mol. The Kier molecular flexibility index (Phi) is 8.60. The SMILES string of the molecule is CCCN(CCC)CCNC(=O)CNC(=O)Cn1cnc2sc3c(c2c1=O)CCCC3. The van der Waals surface area contributed by atoms with Crippen molar-refractivity contribution >= 4 is 33.4 Å². The molecule has 1 aliphatic rings. The molecule has 170 valence electrons. The van der Waals surface area contributed by atoms with Gasteiger partial charge in [0.25, 0.3) is 5.56 Å². The molecule has 0 aliphatic heterocycles. The van der Waals surface area contributed by atoms with Crippen LogP contribution in [0.25, 0.3) is 10.2 Å². The van der Waals surface area contributed by atoms with Gasteiger partial charge in [-0.3, -0.25) is 19.0 Å². The van der Waals surface area contributed by atoms with Gasteiger partial charge in [0, 0.05) is 18.0 Å². The van der Waals surface area contributed by atoms with Gasteiger partial charge in [-0.25, -0.2) is 4.98 Å². The molecule has 0 radical (unpaired) electrons. The number of hydrogen-bond acceptors (Lipinski definition) is 6. The van der Waals surface area contributed by atoms with Crippen LogP contribution in [0.3, 0.4) is 0 Å². The molecule has 31 heavy (non-hydrogen) atoms. The van der Waals surface area contributed by atoms with Crippen molar-refractivity contribution in [1.29, 1.82) is 0 Å². The summed E-state index contributed by atoms with van der Waals surface area (Å²) in [6.45, 7) is 7.43. The molecule has 1 aliphatic carbocycles. The van der Waals surface area contributed by atoms with Gasteiger partial charge in [-0.1, -0.05) is 13.8 Å². The fourth-order valence-electron chi connectivity index (χ4n) is 4.07. The topological polar surface area (TPSA) is 96.3 Å². The zero-order valence-electron chi connectivity index (χ0n) is 18.5. The molecule has 0 saturated carbocycles. The molecular formula is C22H33N5O3S. The molecule has 0 aromatic carbocycles. The zero-order chi connectivity index (χ0) is 22.2. The molecule has 2 amide bonds. The van der Waals surface area contributed by atoms with E-state index in [0.717, 1.165) is 68.6 Å². The number of amides is 2. The van der Waals surface area contributed by atoms with Gasteiger partial charge in [-0.05, 0) is 57.2 Å². The maximum Gasteiger partial charge on any atom is 0.262 e. The van der Waals surface area contributed by atoms with E-state index in [0.29, 0.717) is 11.9 Å². The van der Waals surface area contributed by atoms with Crippen molar-refractivity contribution in [3.05, 3.63) is 27.1 Å². The van der Waals surface area contributed by atoms with Gasteiger partial charge in [0.15, 0.2) is 0 Å². The second kappa shape index (κ2) is 11.4. The fraction of sp³-hybridized carbons (Fsp3) is 0.636. The number of fused-ring (bicyclic) bond motifs is 3. The van der Waals surface area contributed by atoms with E-state index >= 15 is 0 Å². The third kappa shape index (κ3) is 6.13. The summed E-state index contributed by atoms with van der Waals surface area (Å²) >= 11 is 1.59. The second-order valence-corrected chi connectivity index (χ2v) is 9.12. The molecule has 0 fully saturated rings. The fourth-order valence-corrected chi connectivity index (χ4v) is 5.29. The van der Waals surface area contributed by atoms with E-state index in [9.17, 15) is 14.4 Å². The number of aryl methyl sites for hydroxylation is 2. The van der Waals surface area contributed by atoms with Crippen molar-refractivity contribution in [1.82, 2.24) is 25.1 Å². The molecule has 2 N–H and O–H groups in total. The van der Waals surface area contributed by atoms with Crippen LogP contribution >= 0.6 is 11.3 Å². The molecule has 2 heterocycles. The van der Waals surface area contributed by atoms with Crippen LogP contribution in [-0.4, -0.2) is 59.0 Å². The van der Waals surface area contributed by atoms with E-state index in [1.54, 1.807) is 11.3 Å². The summed E-state index contributed by atoms with van der Waals surface area (Å²) in [5, 5.41) is 6.11. The average Bonchev–Trinajstić information content (AvgIpc) is 3.14. The van der Waals surface area contributed by atoms with Gasteiger partial charge >= 0.3 is 0 Å². The highest BCUT2D eigenvalue weighted by Gasteiger charge is 2.20. The monoisotopic (exact) mass is 447 g/mol. The van der Waals surface area contributed by atoms with Gasteiger partial charge in [-0.2, -0.15) is 0 Å². The maximum absolute atomic E-state index is 12.9. The lowest BCUT2D eigenvalue weighted by molar-refractivity contribution is -0.126. The Balaban J connectivity index is 1.49. The molecule has 3 rings (SSSR count). The summed E-state index contributed by atoms with van der Waals surface area (Å²) in [4.78, 5) is 46.0. The Bertz CT molecular complexity index is 962. The summed E-state index contributed by atoms with van der Waals surface area (Å²) in [5.41, 5.74) is 0.939. The lowest BCUT2D eigenvalue weighted by Crippen LogP contribution is -2.42. The van der Waals surface area contributed by atoms with Crippen LogP contribution in [0.15, 0.2) is 11.1 Å². The molecule has 9 heteroatoms. The summed E-state index contributed by atoms with van der Waals surface area (Å²) in [5.74, 6) is -0.602. The molecule has 0 saturated heterocycles. The van der Waals surface area contributed by atoms with Crippen molar-refractivity contribution in [2.24, 2.45) is 0 Å². The van der Waals surface area contributed by atoms with E-state index in [-0.39, 0.29) is 30.5 Å². The third-order valence-electron chi connectivity index (χ3n) is 5.53. The summed E-state index contributed by atoms with van der Waals surface area (Å²) in [7, 11) is 0. The molecule has 2 aromatic rings. The minimum absolute atomic E-state index is 0.0986. The van der Waals surface area contributed by atoms with Gasteiger partial charge < -0.3 is 15.5 Å². The molecule has 0 atom stereocenters. The van der Waals surface area contributed by atoms with Crippen molar-refractivity contribution in [3.63, 3.8) is 0 Å². The number of hydrogen-bond donors (Lipinski definition) is 2.